The van der Waals surface area contributed by atoms with E-state index < -0.39 is 0 Å². The van der Waals surface area contributed by atoms with Crippen LogP contribution in [0.4, 0.5) is 0 Å². The highest BCUT2D eigenvalue weighted by molar-refractivity contribution is 8.01. The van der Waals surface area contributed by atoms with Gasteiger partial charge in [0.15, 0.2) is 0 Å². The Morgan fingerprint density at radius 1 is 0.774 bits per heavy atom. The minimum atomic E-state index is 0.983. The molecule has 0 atom stereocenters. The standard InChI is InChI=1S/C29H33NS/c1-3-31-23-27-17-19-28(20-18-27)29-14-9-13-26(22-29)12-7-8-21-30-24(2)15-16-25-10-5-4-6-11-25/h3-6,9-11,13-14,17-20,22,30H,1-2,7-8,12,15-16,21,23H2. The lowest BCUT2D eigenvalue weighted by Crippen LogP contribution is -2.14. The Hall–Kier alpha value is -2.71. The van der Waals surface area contributed by atoms with Crippen molar-refractivity contribution >= 4 is 11.8 Å². The van der Waals surface area contributed by atoms with E-state index in [4.69, 9.17) is 0 Å². The fourth-order valence-corrected chi connectivity index (χ4v) is 4.11. The summed E-state index contributed by atoms with van der Waals surface area (Å²) in [5, 5.41) is 5.39. The molecular formula is C29H33NS. The summed E-state index contributed by atoms with van der Waals surface area (Å²) in [4.78, 5) is 0. The van der Waals surface area contributed by atoms with Gasteiger partial charge in [-0.3, -0.25) is 0 Å². The lowest BCUT2D eigenvalue weighted by molar-refractivity contribution is 0.660. The minimum absolute atomic E-state index is 0.983. The number of hydrogen-bond donors (Lipinski definition) is 1. The Morgan fingerprint density at radius 3 is 2.32 bits per heavy atom. The first-order valence-corrected chi connectivity index (χ1v) is 12.2. The van der Waals surface area contributed by atoms with E-state index in [0.29, 0.717) is 0 Å². The first kappa shape index (κ1) is 23.0. The van der Waals surface area contributed by atoms with E-state index in [1.54, 1.807) is 11.8 Å². The normalized spacial score (nSPS) is 10.6. The van der Waals surface area contributed by atoms with Crippen LogP contribution >= 0.6 is 11.8 Å². The van der Waals surface area contributed by atoms with Crippen LogP contribution in [0.1, 0.15) is 36.0 Å². The third-order valence-corrected chi connectivity index (χ3v) is 6.14. The third kappa shape index (κ3) is 8.15. The van der Waals surface area contributed by atoms with Crippen molar-refractivity contribution in [3.05, 3.63) is 120 Å². The van der Waals surface area contributed by atoms with Crippen LogP contribution in [0.2, 0.25) is 0 Å². The van der Waals surface area contributed by atoms with Gasteiger partial charge in [0, 0.05) is 18.0 Å². The molecule has 0 aromatic heterocycles. The molecular weight excluding hydrogens is 394 g/mol. The van der Waals surface area contributed by atoms with Crippen molar-refractivity contribution in [2.24, 2.45) is 0 Å². The van der Waals surface area contributed by atoms with Crippen LogP contribution in [0, 0.1) is 0 Å². The maximum absolute atomic E-state index is 4.18. The molecule has 0 saturated carbocycles. The van der Waals surface area contributed by atoms with Crippen LogP contribution < -0.4 is 5.32 Å². The highest BCUT2D eigenvalue weighted by Gasteiger charge is 2.01. The average molecular weight is 428 g/mol. The number of unbranched alkanes of at least 4 members (excludes halogenated alkanes) is 1. The molecule has 0 aliphatic heterocycles. The summed E-state index contributed by atoms with van der Waals surface area (Å²) in [6.45, 7) is 8.94. The molecule has 0 unspecified atom stereocenters. The molecule has 0 spiro atoms. The predicted molar refractivity (Wildman–Crippen MR) is 138 cm³/mol. The van der Waals surface area contributed by atoms with Gasteiger partial charge in [0.05, 0.1) is 0 Å². The number of hydrogen-bond acceptors (Lipinski definition) is 2. The van der Waals surface area contributed by atoms with Crippen LogP contribution in [0.25, 0.3) is 11.1 Å². The summed E-state index contributed by atoms with van der Waals surface area (Å²) in [5.41, 5.74) is 7.84. The second-order valence-electron chi connectivity index (χ2n) is 7.85. The monoisotopic (exact) mass is 427 g/mol. The Kier molecular flexibility index (Phi) is 9.53. The molecule has 0 heterocycles. The van der Waals surface area contributed by atoms with Crippen molar-refractivity contribution in [1.82, 2.24) is 5.32 Å². The summed E-state index contributed by atoms with van der Waals surface area (Å²) in [6, 6.07) is 28.5. The van der Waals surface area contributed by atoms with Gasteiger partial charge in [-0.25, -0.2) is 0 Å². The Balaban J connectivity index is 1.38. The fourth-order valence-electron chi connectivity index (χ4n) is 3.60. The zero-order valence-corrected chi connectivity index (χ0v) is 19.2. The van der Waals surface area contributed by atoms with Crippen LogP contribution in [0.3, 0.4) is 0 Å². The van der Waals surface area contributed by atoms with Gasteiger partial charge in [0.2, 0.25) is 0 Å². The number of aryl methyl sites for hydroxylation is 2. The van der Waals surface area contributed by atoms with Gasteiger partial charge in [-0.05, 0) is 65.3 Å². The van der Waals surface area contributed by atoms with Gasteiger partial charge < -0.3 is 5.32 Å². The molecule has 3 rings (SSSR count). The Labute approximate surface area is 192 Å². The second kappa shape index (κ2) is 12.9. The smallest absolute Gasteiger partial charge is 0.0225 e. The van der Waals surface area contributed by atoms with Gasteiger partial charge in [-0.2, -0.15) is 0 Å². The van der Waals surface area contributed by atoms with Crippen LogP contribution in [0.15, 0.2) is 103 Å². The minimum Gasteiger partial charge on any atom is -0.389 e. The molecule has 0 fully saturated rings. The van der Waals surface area contributed by atoms with Crippen molar-refractivity contribution in [1.29, 1.82) is 0 Å². The lowest BCUT2D eigenvalue weighted by Gasteiger charge is -2.10. The van der Waals surface area contributed by atoms with E-state index in [0.717, 1.165) is 43.7 Å². The third-order valence-electron chi connectivity index (χ3n) is 5.41. The predicted octanol–water partition coefficient (Wildman–Crippen LogP) is 7.79. The fraction of sp³-hybridized carbons (Fsp3) is 0.241. The van der Waals surface area contributed by atoms with E-state index in [1.165, 1.54) is 34.2 Å². The van der Waals surface area contributed by atoms with Crippen molar-refractivity contribution in [2.75, 3.05) is 6.54 Å². The molecule has 31 heavy (non-hydrogen) atoms. The van der Waals surface area contributed by atoms with Gasteiger partial charge in [0.1, 0.15) is 0 Å². The number of thioether (sulfide) groups is 1. The first-order chi connectivity index (χ1) is 15.2. The number of allylic oxidation sites excluding steroid dienone is 1. The molecule has 3 aromatic rings. The van der Waals surface area contributed by atoms with Gasteiger partial charge in [-0.15, -0.1) is 11.8 Å². The Morgan fingerprint density at radius 2 is 1.55 bits per heavy atom. The van der Waals surface area contributed by atoms with E-state index in [-0.39, 0.29) is 0 Å². The lowest BCUT2D eigenvalue weighted by atomic mass is 10.00. The van der Waals surface area contributed by atoms with E-state index in [2.05, 4.69) is 97.3 Å². The molecule has 0 aliphatic carbocycles. The molecule has 0 saturated heterocycles. The molecule has 0 aliphatic rings. The van der Waals surface area contributed by atoms with Crippen molar-refractivity contribution in [3.8, 4) is 11.1 Å². The molecule has 0 bridgehead atoms. The summed E-state index contributed by atoms with van der Waals surface area (Å²) in [7, 11) is 0. The van der Waals surface area contributed by atoms with Crippen LogP contribution in [-0.4, -0.2) is 6.54 Å². The quantitative estimate of drug-likeness (QED) is 0.279. The number of nitrogens with one attached hydrogen (secondary N) is 1. The molecule has 2 heteroatoms. The number of rotatable bonds is 13. The highest BCUT2D eigenvalue weighted by atomic mass is 32.2. The zero-order valence-electron chi connectivity index (χ0n) is 18.4. The second-order valence-corrected chi connectivity index (χ2v) is 8.80. The van der Waals surface area contributed by atoms with Crippen LogP contribution in [-0.2, 0) is 18.6 Å². The van der Waals surface area contributed by atoms with E-state index in [1.807, 2.05) is 5.41 Å². The summed E-state index contributed by atoms with van der Waals surface area (Å²) >= 11 is 1.73. The van der Waals surface area contributed by atoms with Gasteiger partial charge >= 0.3 is 0 Å². The summed E-state index contributed by atoms with van der Waals surface area (Å²) in [6.07, 6.45) is 5.50. The molecule has 160 valence electrons. The topological polar surface area (TPSA) is 12.0 Å². The molecule has 0 amide bonds. The molecule has 1 N–H and O–H groups in total. The first-order valence-electron chi connectivity index (χ1n) is 11.1. The zero-order chi connectivity index (χ0) is 21.7. The van der Waals surface area contributed by atoms with Gasteiger partial charge in [-0.1, -0.05) is 92.0 Å². The van der Waals surface area contributed by atoms with Gasteiger partial charge in [0.25, 0.3) is 0 Å². The Bertz CT molecular complexity index is 944. The van der Waals surface area contributed by atoms with Crippen molar-refractivity contribution in [3.63, 3.8) is 0 Å². The molecule has 0 radical (unpaired) electrons. The summed E-state index contributed by atoms with van der Waals surface area (Å²) < 4.78 is 0. The number of benzene rings is 3. The molecule has 3 aromatic carbocycles. The van der Waals surface area contributed by atoms with Crippen molar-refractivity contribution in [2.45, 2.75) is 37.9 Å². The SMILES string of the molecule is C=CSCc1ccc(-c2cccc(CCCCNC(=C)CCc3ccccc3)c2)cc1. The van der Waals surface area contributed by atoms with Crippen LogP contribution in [0.5, 0.6) is 0 Å². The van der Waals surface area contributed by atoms with E-state index >= 15 is 0 Å². The molecule has 1 nitrogen and oxygen atoms in total. The maximum atomic E-state index is 4.18. The summed E-state index contributed by atoms with van der Waals surface area (Å²) in [5.74, 6) is 0.983. The van der Waals surface area contributed by atoms with E-state index in [9.17, 15) is 0 Å². The average Bonchev–Trinajstić information content (AvgIpc) is 2.82. The highest BCUT2D eigenvalue weighted by Crippen LogP contribution is 2.23. The largest absolute Gasteiger partial charge is 0.389 e. The van der Waals surface area contributed by atoms with Crippen molar-refractivity contribution < 1.29 is 0 Å². The maximum Gasteiger partial charge on any atom is 0.0225 e.